The molecule has 0 aliphatic carbocycles. The predicted molar refractivity (Wildman–Crippen MR) is 91.1 cm³/mol. The summed E-state index contributed by atoms with van der Waals surface area (Å²) in [5.74, 6) is 0.280. The highest BCUT2D eigenvalue weighted by atomic mass is 32.1. The molecule has 1 amide bonds. The highest BCUT2D eigenvalue weighted by molar-refractivity contribution is 7.13. The van der Waals surface area contributed by atoms with Crippen LogP contribution in [-0.2, 0) is 6.54 Å². The summed E-state index contributed by atoms with van der Waals surface area (Å²) in [5.41, 5.74) is -0.953. The van der Waals surface area contributed by atoms with E-state index in [0.717, 1.165) is 28.7 Å². The van der Waals surface area contributed by atoms with Crippen LogP contribution in [0.3, 0.4) is 0 Å². The van der Waals surface area contributed by atoms with Crippen molar-refractivity contribution in [2.24, 2.45) is 5.92 Å². The number of nitrogens with zero attached hydrogens (tertiary/aromatic N) is 3. The molecule has 0 bridgehead atoms. The Bertz CT molecular complexity index is 810. The number of thiophene rings is 1. The maximum absolute atomic E-state index is 12.6. The minimum Gasteiger partial charge on any atom is -0.338 e. The van der Waals surface area contributed by atoms with Crippen LogP contribution < -0.4 is 5.56 Å². The van der Waals surface area contributed by atoms with Gasteiger partial charge in [0.05, 0.1) is 11.2 Å². The van der Waals surface area contributed by atoms with Crippen molar-refractivity contribution < 1.29 is 13.6 Å². The highest BCUT2D eigenvalue weighted by Gasteiger charge is 2.25. The van der Waals surface area contributed by atoms with Crippen molar-refractivity contribution in [3.8, 4) is 0 Å². The molecular formula is C17H19F2N3O2S. The second-order valence-corrected chi connectivity index (χ2v) is 7.54. The molecule has 2 aromatic heterocycles. The van der Waals surface area contributed by atoms with Crippen molar-refractivity contribution >= 4 is 17.2 Å². The molecular weight excluding hydrogens is 348 g/mol. The molecule has 3 rings (SSSR count). The number of halogens is 2. The van der Waals surface area contributed by atoms with Crippen molar-refractivity contribution in [3.05, 3.63) is 50.3 Å². The summed E-state index contributed by atoms with van der Waals surface area (Å²) in [5, 5.41) is 0. The Morgan fingerprint density at radius 2 is 2.08 bits per heavy atom. The standard InChI is InChI=1S/C17H19F2N3O2S/c1-11-2-3-14(25-11)17(24)21-6-4-12(5-7-21)9-22-10-20-13(16(18)19)8-15(22)23/h2-3,8,10,12,16H,4-7,9H2,1H3. The topological polar surface area (TPSA) is 55.2 Å². The first-order chi connectivity index (χ1) is 11.9. The van der Waals surface area contributed by atoms with Crippen LogP contribution in [0.15, 0.2) is 29.3 Å². The van der Waals surface area contributed by atoms with E-state index in [-0.39, 0.29) is 11.8 Å². The second-order valence-electron chi connectivity index (χ2n) is 6.25. The van der Waals surface area contributed by atoms with Crippen molar-refractivity contribution in [1.29, 1.82) is 0 Å². The molecule has 0 N–H and O–H groups in total. The van der Waals surface area contributed by atoms with Gasteiger partial charge in [0.15, 0.2) is 0 Å². The summed E-state index contributed by atoms with van der Waals surface area (Å²) >= 11 is 1.49. The van der Waals surface area contributed by atoms with Gasteiger partial charge in [-0.1, -0.05) is 0 Å². The van der Waals surface area contributed by atoms with E-state index in [1.165, 1.54) is 22.2 Å². The number of carbonyl (C=O) groups excluding carboxylic acids is 1. The molecule has 0 aromatic carbocycles. The van der Waals surface area contributed by atoms with Gasteiger partial charge in [-0.15, -0.1) is 11.3 Å². The summed E-state index contributed by atoms with van der Waals surface area (Å²) in [4.78, 5) is 31.7. The molecule has 1 saturated heterocycles. The molecule has 1 aliphatic heterocycles. The lowest BCUT2D eigenvalue weighted by Gasteiger charge is -2.32. The lowest BCUT2D eigenvalue weighted by Crippen LogP contribution is -2.39. The first-order valence-electron chi connectivity index (χ1n) is 8.14. The normalized spacial score (nSPS) is 15.8. The molecule has 1 fully saturated rings. The third kappa shape index (κ3) is 4.12. The van der Waals surface area contributed by atoms with E-state index in [9.17, 15) is 18.4 Å². The van der Waals surface area contributed by atoms with Gasteiger partial charge in [-0.2, -0.15) is 0 Å². The smallest absolute Gasteiger partial charge is 0.280 e. The summed E-state index contributed by atoms with van der Waals surface area (Å²) in [6, 6.07) is 4.68. The van der Waals surface area contributed by atoms with E-state index in [2.05, 4.69) is 4.98 Å². The monoisotopic (exact) mass is 367 g/mol. The fraction of sp³-hybridized carbons (Fsp3) is 0.471. The molecule has 5 nitrogen and oxygen atoms in total. The summed E-state index contributed by atoms with van der Waals surface area (Å²) < 4.78 is 26.5. The number of rotatable bonds is 4. The molecule has 134 valence electrons. The fourth-order valence-corrected chi connectivity index (χ4v) is 3.83. The van der Waals surface area contributed by atoms with Gasteiger partial charge in [-0.25, -0.2) is 13.8 Å². The van der Waals surface area contributed by atoms with E-state index in [4.69, 9.17) is 0 Å². The summed E-state index contributed by atoms with van der Waals surface area (Å²) in [6.07, 6.45) is 0.00566. The minimum absolute atomic E-state index is 0.0525. The number of likely N-dealkylation sites (tertiary alicyclic amines) is 1. The zero-order valence-electron chi connectivity index (χ0n) is 13.8. The Morgan fingerprint density at radius 3 is 2.64 bits per heavy atom. The molecule has 2 aromatic rings. The Balaban J connectivity index is 1.58. The SMILES string of the molecule is Cc1ccc(C(=O)N2CCC(Cn3cnc(C(F)F)cc3=O)CC2)s1. The molecule has 1 aliphatic rings. The minimum atomic E-state index is -2.74. The molecule has 0 radical (unpaired) electrons. The number of hydrogen-bond acceptors (Lipinski definition) is 4. The zero-order valence-corrected chi connectivity index (χ0v) is 14.6. The second kappa shape index (κ2) is 7.43. The van der Waals surface area contributed by atoms with Crippen LogP contribution >= 0.6 is 11.3 Å². The Morgan fingerprint density at radius 1 is 1.36 bits per heavy atom. The first-order valence-corrected chi connectivity index (χ1v) is 8.96. The van der Waals surface area contributed by atoms with Crippen LogP contribution in [0.5, 0.6) is 0 Å². The van der Waals surface area contributed by atoms with Gasteiger partial charge in [0.25, 0.3) is 17.9 Å². The molecule has 0 atom stereocenters. The molecule has 8 heteroatoms. The zero-order chi connectivity index (χ0) is 18.0. The van der Waals surface area contributed by atoms with Gasteiger partial charge in [-0.05, 0) is 37.8 Å². The van der Waals surface area contributed by atoms with Crippen molar-refractivity contribution in [3.63, 3.8) is 0 Å². The number of aryl methyl sites for hydroxylation is 1. The maximum atomic E-state index is 12.6. The Hall–Kier alpha value is -2.09. The molecule has 3 heterocycles. The van der Waals surface area contributed by atoms with Crippen LogP contribution in [0.25, 0.3) is 0 Å². The van der Waals surface area contributed by atoms with Crippen LogP contribution in [0.2, 0.25) is 0 Å². The van der Waals surface area contributed by atoms with Crippen molar-refractivity contribution in [2.45, 2.75) is 32.7 Å². The maximum Gasteiger partial charge on any atom is 0.280 e. The van der Waals surface area contributed by atoms with Gasteiger partial charge in [-0.3, -0.25) is 14.2 Å². The average Bonchev–Trinajstić information content (AvgIpc) is 3.03. The van der Waals surface area contributed by atoms with E-state index in [0.29, 0.717) is 19.6 Å². The van der Waals surface area contributed by atoms with Gasteiger partial charge in [0, 0.05) is 30.6 Å². The van der Waals surface area contributed by atoms with Crippen LogP contribution in [0.1, 0.15) is 39.5 Å². The largest absolute Gasteiger partial charge is 0.338 e. The van der Waals surface area contributed by atoms with Gasteiger partial charge in [0.1, 0.15) is 5.69 Å². The van der Waals surface area contributed by atoms with Gasteiger partial charge < -0.3 is 4.90 Å². The molecule has 0 saturated carbocycles. The van der Waals surface area contributed by atoms with E-state index >= 15 is 0 Å². The average molecular weight is 367 g/mol. The van der Waals surface area contributed by atoms with E-state index in [1.54, 1.807) is 0 Å². The number of carbonyl (C=O) groups is 1. The Labute approximate surface area is 147 Å². The number of amides is 1. The number of hydrogen-bond donors (Lipinski definition) is 0. The van der Waals surface area contributed by atoms with E-state index < -0.39 is 17.7 Å². The quantitative estimate of drug-likeness (QED) is 0.834. The lowest BCUT2D eigenvalue weighted by atomic mass is 9.96. The number of alkyl halides is 2. The lowest BCUT2D eigenvalue weighted by molar-refractivity contribution is 0.0687. The number of piperidine rings is 1. The van der Waals surface area contributed by atoms with Gasteiger partial charge in [0.2, 0.25) is 0 Å². The van der Waals surface area contributed by atoms with Crippen molar-refractivity contribution in [1.82, 2.24) is 14.5 Å². The van der Waals surface area contributed by atoms with Crippen molar-refractivity contribution in [2.75, 3.05) is 13.1 Å². The Kier molecular flexibility index (Phi) is 5.27. The fourth-order valence-electron chi connectivity index (χ4n) is 3.00. The van der Waals surface area contributed by atoms with E-state index in [1.807, 2.05) is 24.0 Å². The summed E-state index contributed by atoms with van der Waals surface area (Å²) in [7, 11) is 0. The molecule has 0 spiro atoms. The first kappa shape index (κ1) is 17.7. The van der Waals surface area contributed by atoms with Crippen LogP contribution in [-0.4, -0.2) is 33.4 Å². The molecule has 0 unspecified atom stereocenters. The third-order valence-corrected chi connectivity index (χ3v) is 5.42. The van der Waals surface area contributed by atoms with Gasteiger partial charge >= 0.3 is 0 Å². The number of aromatic nitrogens is 2. The van der Waals surface area contributed by atoms with Crippen LogP contribution in [0.4, 0.5) is 8.78 Å². The summed E-state index contributed by atoms with van der Waals surface area (Å²) in [6.45, 7) is 3.68. The third-order valence-electron chi connectivity index (χ3n) is 4.43. The molecule has 25 heavy (non-hydrogen) atoms. The van der Waals surface area contributed by atoms with Crippen LogP contribution in [0, 0.1) is 12.8 Å². The highest BCUT2D eigenvalue weighted by Crippen LogP contribution is 2.23. The predicted octanol–water partition coefficient (Wildman–Crippen LogP) is 3.10.